The third-order valence-corrected chi connectivity index (χ3v) is 4.81. The SMILES string of the molecule is [C-]#[N+]c1c(N)ncnc1N[C@@H](C)c1cc2ncc(Cl)n2nc1-c1cccc(C)c1. The van der Waals surface area contributed by atoms with E-state index in [-0.39, 0.29) is 17.5 Å². The van der Waals surface area contributed by atoms with Crippen molar-refractivity contribution < 1.29 is 0 Å². The second kappa shape index (κ2) is 7.37. The van der Waals surface area contributed by atoms with E-state index in [1.54, 1.807) is 10.7 Å². The lowest BCUT2D eigenvalue weighted by molar-refractivity contribution is 0.841. The van der Waals surface area contributed by atoms with Gasteiger partial charge in [-0.15, -0.1) is 0 Å². The molecule has 3 N–H and O–H groups in total. The summed E-state index contributed by atoms with van der Waals surface area (Å²) in [7, 11) is 0. The molecule has 3 aromatic heterocycles. The number of nitrogens with zero attached hydrogens (tertiary/aromatic N) is 6. The summed E-state index contributed by atoms with van der Waals surface area (Å²) in [5, 5.41) is 8.42. The van der Waals surface area contributed by atoms with Crippen LogP contribution in [-0.4, -0.2) is 24.6 Å². The molecule has 8 nitrogen and oxygen atoms in total. The van der Waals surface area contributed by atoms with Crippen LogP contribution in [0.4, 0.5) is 17.3 Å². The molecule has 9 heteroatoms. The maximum atomic E-state index is 7.37. The number of rotatable bonds is 4. The summed E-state index contributed by atoms with van der Waals surface area (Å²) in [4.78, 5) is 15.8. The normalized spacial score (nSPS) is 11.9. The zero-order chi connectivity index (χ0) is 20.5. The van der Waals surface area contributed by atoms with E-state index in [2.05, 4.69) is 31.2 Å². The fourth-order valence-corrected chi connectivity index (χ4v) is 3.31. The van der Waals surface area contributed by atoms with Gasteiger partial charge < -0.3 is 11.1 Å². The predicted octanol–water partition coefficient (Wildman–Crippen LogP) is 4.45. The topological polar surface area (TPSA) is 98.4 Å². The van der Waals surface area contributed by atoms with Crippen molar-refractivity contribution in [3.8, 4) is 11.3 Å². The maximum absolute atomic E-state index is 7.37. The monoisotopic (exact) mass is 404 g/mol. The van der Waals surface area contributed by atoms with E-state index in [4.69, 9.17) is 29.0 Å². The van der Waals surface area contributed by atoms with Crippen molar-refractivity contribution in [1.82, 2.24) is 24.6 Å². The highest BCUT2D eigenvalue weighted by molar-refractivity contribution is 6.29. The molecule has 29 heavy (non-hydrogen) atoms. The number of fused-ring (bicyclic) bond motifs is 1. The molecule has 4 rings (SSSR count). The van der Waals surface area contributed by atoms with Gasteiger partial charge in [-0.05, 0) is 26.0 Å². The zero-order valence-corrected chi connectivity index (χ0v) is 16.5. The van der Waals surface area contributed by atoms with Crippen molar-refractivity contribution in [3.63, 3.8) is 0 Å². The Morgan fingerprint density at radius 3 is 2.83 bits per heavy atom. The Morgan fingerprint density at radius 2 is 2.07 bits per heavy atom. The van der Waals surface area contributed by atoms with E-state index in [9.17, 15) is 0 Å². The Balaban J connectivity index is 1.85. The molecule has 0 aliphatic rings. The number of nitrogens with two attached hydrogens (primary N) is 1. The second-order valence-electron chi connectivity index (χ2n) is 6.60. The molecule has 144 valence electrons. The molecule has 0 saturated heterocycles. The summed E-state index contributed by atoms with van der Waals surface area (Å²) in [6.07, 6.45) is 2.89. The van der Waals surface area contributed by atoms with Crippen molar-refractivity contribution in [1.29, 1.82) is 0 Å². The minimum Gasteiger partial charge on any atom is -0.392 e. The molecule has 0 unspecified atom stereocenters. The Kier molecular flexibility index (Phi) is 4.74. The molecule has 0 bridgehead atoms. The lowest BCUT2D eigenvalue weighted by Crippen LogP contribution is -2.12. The average Bonchev–Trinajstić information content (AvgIpc) is 3.07. The molecule has 0 radical (unpaired) electrons. The average molecular weight is 405 g/mol. The molecule has 0 aliphatic heterocycles. The van der Waals surface area contributed by atoms with Crippen LogP contribution >= 0.6 is 11.6 Å². The van der Waals surface area contributed by atoms with Gasteiger partial charge in [0.05, 0.1) is 24.5 Å². The van der Waals surface area contributed by atoms with Crippen LogP contribution in [0.1, 0.15) is 24.1 Å². The summed E-state index contributed by atoms with van der Waals surface area (Å²) < 4.78 is 1.60. The van der Waals surface area contributed by atoms with Gasteiger partial charge in [0.15, 0.2) is 10.8 Å². The van der Waals surface area contributed by atoms with Crippen LogP contribution in [0.15, 0.2) is 42.9 Å². The van der Waals surface area contributed by atoms with E-state index in [0.29, 0.717) is 16.6 Å². The molecule has 4 aromatic rings. The quantitative estimate of drug-likeness (QED) is 0.487. The number of nitrogen functional groups attached to an aromatic ring is 1. The molecular formula is C20H17ClN8. The number of hydrogen-bond acceptors (Lipinski definition) is 6. The molecule has 0 fully saturated rings. The lowest BCUT2D eigenvalue weighted by Gasteiger charge is -2.19. The smallest absolute Gasteiger partial charge is 0.268 e. The molecule has 1 atom stereocenters. The van der Waals surface area contributed by atoms with E-state index < -0.39 is 0 Å². The highest BCUT2D eigenvalue weighted by Crippen LogP contribution is 2.34. The summed E-state index contributed by atoms with van der Waals surface area (Å²) in [5.41, 5.74) is 10.3. The molecule has 1 aromatic carbocycles. The van der Waals surface area contributed by atoms with Crippen LogP contribution in [0.5, 0.6) is 0 Å². The Hall–Kier alpha value is -3.70. The first-order valence-corrected chi connectivity index (χ1v) is 9.21. The third-order valence-electron chi connectivity index (χ3n) is 4.55. The van der Waals surface area contributed by atoms with Gasteiger partial charge >= 0.3 is 0 Å². The van der Waals surface area contributed by atoms with Gasteiger partial charge in [-0.3, -0.25) is 0 Å². The zero-order valence-electron chi connectivity index (χ0n) is 15.8. The maximum Gasteiger partial charge on any atom is 0.268 e. The second-order valence-corrected chi connectivity index (χ2v) is 6.99. The summed E-state index contributed by atoms with van der Waals surface area (Å²) in [6, 6.07) is 9.75. The van der Waals surface area contributed by atoms with E-state index in [1.165, 1.54) is 6.33 Å². The summed E-state index contributed by atoms with van der Waals surface area (Å²) >= 11 is 6.24. The fourth-order valence-electron chi connectivity index (χ4n) is 3.14. The van der Waals surface area contributed by atoms with Crippen molar-refractivity contribution in [2.24, 2.45) is 0 Å². The van der Waals surface area contributed by atoms with Gasteiger partial charge in [0.2, 0.25) is 0 Å². The van der Waals surface area contributed by atoms with Crippen molar-refractivity contribution in [2.45, 2.75) is 19.9 Å². The van der Waals surface area contributed by atoms with Gasteiger partial charge in [0.25, 0.3) is 5.69 Å². The van der Waals surface area contributed by atoms with Crippen LogP contribution in [0, 0.1) is 13.5 Å². The largest absolute Gasteiger partial charge is 0.392 e. The Bertz CT molecular complexity index is 1260. The van der Waals surface area contributed by atoms with Gasteiger partial charge in [-0.2, -0.15) is 5.10 Å². The molecule has 0 spiro atoms. The number of aromatic nitrogens is 5. The van der Waals surface area contributed by atoms with E-state index >= 15 is 0 Å². The van der Waals surface area contributed by atoms with Gasteiger partial charge in [0, 0.05) is 11.1 Å². The first-order chi connectivity index (χ1) is 14.0. The summed E-state index contributed by atoms with van der Waals surface area (Å²) in [5.74, 6) is 0.508. The first kappa shape index (κ1) is 18.7. The van der Waals surface area contributed by atoms with Gasteiger partial charge in [0.1, 0.15) is 18.0 Å². The minimum atomic E-state index is -0.242. The third kappa shape index (κ3) is 3.44. The van der Waals surface area contributed by atoms with Crippen molar-refractivity contribution in [2.75, 3.05) is 11.1 Å². The number of benzene rings is 1. The highest BCUT2D eigenvalue weighted by atomic mass is 35.5. The van der Waals surface area contributed by atoms with Gasteiger partial charge in [-0.25, -0.2) is 24.3 Å². The number of anilines is 2. The molecule has 0 saturated carbocycles. The van der Waals surface area contributed by atoms with Crippen LogP contribution < -0.4 is 11.1 Å². The highest BCUT2D eigenvalue weighted by Gasteiger charge is 2.19. The van der Waals surface area contributed by atoms with Crippen molar-refractivity contribution >= 4 is 34.6 Å². The minimum absolute atomic E-state index is 0.136. The summed E-state index contributed by atoms with van der Waals surface area (Å²) in [6.45, 7) is 11.4. The molecule has 3 heterocycles. The predicted molar refractivity (Wildman–Crippen MR) is 113 cm³/mol. The van der Waals surface area contributed by atoms with Gasteiger partial charge in [-0.1, -0.05) is 35.4 Å². The molecular weight excluding hydrogens is 388 g/mol. The number of aryl methyl sites for hydroxylation is 1. The van der Waals surface area contributed by atoms with Crippen molar-refractivity contribution in [3.05, 3.63) is 70.6 Å². The number of imidazole rings is 1. The first-order valence-electron chi connectivity index (χ1n) is 8.83. The lowest BCUT2D eigenvalue weighted by atomic mass is 10.00. The van der Waals surface area contributed by atoms with Crippen LogP contribution in [0.2, 0.25) is 5.15 Å². The molecule has 0 amide bonds. The number of nitrogens with one attached hydrogen (secondary N) is 1. The van der Waals surface area contributed by atoms with Crippen LogP contribution in [0.25, 0.3) is 21.7 Å². The van der Waals surface area contributed by atoms with E-state index in [1.807, 2.05) is 38.1 Å². The number of halogens is 1. The van der Waals surface area contributed by atoms with Crippen LogP contribution in [0.3, 0.4) is 0 Å². The van der Waals surface area contributed by atoms with Crippen LogP contribution in [-0.2, 0) is 0 Å². The Morgan fingerprint density at radius 1 is 1.24 bits per heavy atom. The fraction of sp³-hybridized carbons (Fsp3) is 0.150. The standard InChI is InChI=1S/C20H17ClN8/c1-11-5-4-6-13(7-11)17-14(8-16-24-9-15(21)29(16)28-17)12(2)27-20-18(23-3)19(22)25-10-26-20/h4-10,12H,1-2H3,(H3,22,25,26,27)/t12-/m0/s1. The Labute approximate surface area is 172 Å². The number of hydrogen-bond donors (Lipinski definition) is 2. The molecule has 0 aliphatic carbocycles. The van der Waals surface area contributed by atoms with E-state index in [0.717, 1.165) is 22.4 Å².